The Hall–Kier alpha value is -2.64. The highest BCUT2D eigenvalue weighted by Crippen LogP contribution is 2.38. The zero-order valence-corrected chi connectivity index (χ0v) is 14.9. The normalized spacial score (nSPS) is 11.1. The van der Waals surface area contributed by atoms with E-state index in [1.165, 1.54) is 12.1 Å². The topological polar surface area (TPSA) is 60.4 Å². The molecule has 4 aromatic rings. The molecule has 7 heteroatoms. The first-order valence-corrected chi connectivity index (χ1v) is 9.27. The van der Waals surface area contributed by atoms with Gasteiger partial charge in [0, 0.05) is 33.7 Å². The maximum Gasteiger partial charge on any atom is 0.269 e. The van der Waals surface area contributed by atoms with Crippen molar-refractivity contribution in [2.24, 2.45) is 0 Å². The number of nitro benzene ring substituents is 1. The molecule has 2 heterocycles. The lowest BCUT2D eigenvalue weighted by Gasteiger charge is -2.05. The predicted molar refractivity (Wildman–Crippen MR) is 100 cm³/mol. The summed E-state index contributed by atoms with van der Waals surface area (Å²) in [6.07, 6.45) is 0. The number of rotatable bonds is 4. The molecule has 0 unspecified atom stereocenters. The van der Waals surface area contributed by atoms with Gasteiger partial charge in [-0.3, -0.25) is 14.5 Å². The summed E-state index contributed by atoms with van der Waals surface area (Å²) in [6.45, 7) is 2.06. The van der Waals surface area contributed by atoms with Crippen LogP contribution in [0.3, 0.4) is 0 Å². The first-order valence-electron chi connectivity index (χ1n) is 7.58. The third-order valence-electron chi connectivity index (χ3n) is 3.80. The number of benzene rings is 2. The zero-order chi connectivity index (χ0) is 17.4. The molecular weight excluding hydrogens is 354 g/mol. The number of aromatic nitrogens is 2. The molecule has 0 amide bonds. The Morgan fingerprint density at radius 2 is 1.84 bits per heavy atom. The molecule has 0 saturated heterocycles. The number of nitro groups is 1. The standard InChI is InChI=1S/C18H13N3O2S2/c1-12-11-24-18-19-16(13-5-3-2-4-6-13)17(20(12)18)25-15-9-7-14(8-10-15)21(22)23/h2-11H,1H3. The van der Waals surface area contributed by atoms with Crippen LogP contribution < -0.4 is 0 Å². The monoisotopic (exact) mass is 367 g/mol. The van der Waals surface area contributed by atoms with Gasteiger partial charge in [-0.1, -0.05) is 42.1 Å². The van der Waals surface area contributed by atoms with E-state index >= 15 is 0 Å². The van der Waals surface area contributed by atoms with E-state index in [9.17, 15) is 10.1 Å². The number of non-ortho nitro benzene ring substituents is 1. The van der Waals surface area contributed by atoms with Crippen LogP contribution in [0.5, 0.6) is 0 Å². The summed E-state index contributed by atoms with van der Waals surface area (Å²) >= 11 is 3.18. The van der Waals surface area contributed by atoms with Crippen LogP contribution in [0.2, 0.25) is 0 Å². The third-order valence-corrected chi connectivity index (χ3v) is 5.82. The fourth-order valence-electron chi connectivity index (χ4n) is 2.59. The van der Waals surface area contributed by atoms with Gasteiger partial charge in [-0.2, -0.15) is 0 Å². The van der Waals surface area contributed by atoms with Gasteiger partial charge >= 0.3 is 0 Å². The van der Waals surface area contributed by atoms with Gasteiger partial charge in [0.05, 0.1) is 4.92 Å². The van der Waals surface area contributed by atoms with Crippen LogP contribution in [-0.2, 0) is 0 Å². The Morgan fingerprint density at radius 3 is 2.52 bits per heavy atom. The number of hydrogen-bond acceptors (Lipinski definition) is 5. The summed E-state index contributed by atoms with van der Waals surface area (Å²) in [5, 5.41) is 13.9. The maximum atomic E-state index is 10.8. The van der Waals surface area contributed by atoms with Crippen LogP contribution in [0, 0.1) is 17.0 Å². The third kappa shape index (κ3) is 2.92. The minimum atomic E-state index is -0.385. The number of aryl methyl sites for hydroxylation is 1. The molecule has 4 rings (SSSR count). The second kappa shape index (κ2) is 6.34. The van der Waals surface area contributed by atoms with E-state index in [0.717, 1.165) is 31.8 Å². The van der Waals surface area contributed by atoms with Crippen LogP contribution in [0.4, 0.5) is 5.69 Å². The minimum absolute atomic E-state index is 0.0952. The maximum absolute atomic E-state index is 10.8. The quantitative estimate of drug-likeness (QED) is 0.356. The molecule has 2 aromatic carbocycles. The highest BCUT2D eigenvalue weighted by molar-refractivity contribution is 7.99. The Balaban J connectivity index is 1.82. The van der Waals surface area contributed by atoms with Gasteiger partial charge in [0.15, 0.2) is 4.96 Å². The van der Waals surface area contributed by atoms with Crippen LogP contribution in [0.1, 0.15) is 5.69 Å². The number of hydrogen-bond donors (Lipinski definition) is 0. The lowest BCUT2D eigenvalue weighted by molar-refractivity contribution is -0.384. The molecule has 0 radical (unpaired) electrons. The van der Waals surface area contributed by atoms with Gasteiger partial charge in [0.25, 0.3) is 5.69 Å². The van der Waals surface area contributed by atoms with Gasteiger partial charge in [-0.25, -0.2) is 4.98 Å². The number of imidazole rings is 1. The number of thiazole rings is 1. The summed E-state index contributed by atoms with van der Waals surface area (Å²) in [4.78, 5) is 17.1. The highest BCUT2D eigenvalue weighted by Gasteiger charge is 2.18. The van der Waals surface area contributed by atoms with Crippen molar-refractivity contribution in [3.05, 3.63) is 75.8 Å². The molecule has 0 aliphatic heterocycles. The van der Waals surface area contributed by atoms with Gasteiger partial charge in [-0.15, -0.1) is 11.3 Å². The molecular formula is C18H13N3O2S2. The SMILES string of the molecule is Cc1csc2nc(-c3ccccc3)c(Sc3ccc([N+](=O)[O-])cc3)n12. The van der Waals surface area contributed by atoms with Crippen molar-refractivity contribution in [1.29, 1.82) is 0 Å². The van der Waals surface area contributed by atoms with Crippen molar-refractivity contribution < 1.29 is 4.92 Å². The second-order valence-corrected chi connectivity index (χ2v) is 7.38. The summed E-state index contributed by atoms with van der Waals surface area (Å²) < 4.78 is 2.14. The van der Waals surface area contributed by atoms with Crippen molar-refractivity contribution in [3.8, 4) is 11.3 Å². The average Bonchev–Trinajstić information content (AvgIpc) is 3.17. The summed E-state index contributed by atoms with van der Waals surface area (Å²) in [5.41, 5.74) is 3.21. The molecule has 0 atom stereocenters. The fourth-order valence-corrected chi connectivity index (χ4v) is 4.59. The van der Waals surface area contributed by atoms with Crippen molar-refractivity contribution in [2.45, 2.75) is 16.8 Å². The molecule has 124 valence electrons. The van der Waals surface area contributed by atoms with Crippen molar-refractivity contribution in [2.75, 3.05) is 0 Å². The molecule has 0 saturated carbocycles. The molecule has 0 N–H and O–H groups in total. The van der Waals surface area contributed by atoms with Gasteiger partial charge in [0.1, 0.15) is 10.7 Å². The summed E-state index contributed by atoms with van der Waals surface area (Å²) in [6, 6.07) is 16.7. The Kier molecular flexibility index (Phi) is 4.03. The first kappa shape index (κ1) is 15.9. The van der Waals surface area contributed by atoms with E-state index in [4.69, 9.17) is 4.98 Å². The van der Waals surface area contributed by atoms with E-state index < -0.39 is 0 Å². The molecule has 25 heavy (non-hydrogen) atoms. The minimum Gasteiger partial charge on any atom is -0.282 e. The van der Waals surface area contributed by atoms with Crippen molar-refractivity contribution in [1.82, 2.24) is 9.38 Å². The van der Waals surface area contributed by atoms with Crippen LogP contribution >= 0.6 is 23.1 Å². The smallest absolute Gasteiger partial charge is 0.269 e. The zero-order valence-electron chi connectivity index (χ0n) is 13.2. The summed E-state index contributed by atoms with van der Waals surface area (Å²) in [5.74, 6) is 0. The second-order valence-electron chi connectivity index (χ2n) is 5.48. The lowest BCUT2D eigenvalue weighted by Crippen LogP contribution is -1.89. The van der Waals surface area contributed by atoms with Gasteiger partial charge in [-0.05, 0) is 19.1 Å². The molecule has 0 spiro atoms. The Labute approximate surface area is 152 Å². The number of nitrogens with zero attached hydrogens (tertiary/aromatic N) is 3. The Morgan fingerprint density at radius 1 is 1.12 bits per heavy atom. The molecule has 5 nitrogen and oxygen atoms in total. The van der Waals surface area contributed by atoms with E-state index in [-0.39, 0.29) is 10.6 Å². The van der Waals surface area contributed by atoms with Crippen molar-refractivity contribution >= 4 is 33.7 Å². The average molecular weight is 367 g/mol. The molecule has 2 aromatic heterocycles. The van der Waals surface area contributed by atoms with Gasteiger partial charge in [0.2, 0.25) is 0 Å². The van der Waals surface area contributed by atoms with Gasteiger partial charge < -0.3 is 0 Å². The molecule has 0 fully saturated rings. The lowest BCUT2D eigenvalue weighted by atomic mass is 10.2. The highest BCUT2D eigenvalue weighted by atomic mass is 32.2. The summed E-state index contributed by atoms with van der Waals surface area (Å²) in [7, 11) is 0. The molecule has 0 aliphatic carbocycles. The van der Waals surface area contributed by atoms with E-state index in [0.29, 0.717) is 0 Å². The Bertz CT molecular complexity index is 1050. The van der Waals surface area contributed by atoms with Crippen LogP contribution in [-0.4, -0.2) is 14.3 Å². The molecule has 0 bridgehead atoms. The van der Waals surface area contributed by atoms with Crippen LogP contribution in [0.25, 0.3) is 16.2 Å². The number of fused-ring (bicyclic) bond motifs is 1. The van der Waals surface area contributed by atoms with Crippen LogP contribution in [0.15, 0.2) is 69.9 Å². The van der Waals surface area contributed by atoms with E-state index in [2.05, 4.69) is 16.7 Å². The van der Waals surface area contributed by atoms with E-state index in [1.54, 1.807) is 35.2 Å². The largest absolute Gasteiger partial charge is 0.282 e. The van der Waals surface area contributed by atoms with E-state index in [1.807, 2.05) is 30.3 Å². The van der Waals surface area contributed by atoms with Crippen molar-refractivity contribution in [3.63, 3.8) is 0 Å². The molecule has 0 aliphatic rings. The fraction of sp³-hybridized carbons (Fsp3) is 0.0556. The predicted octanol–water partition coefficient (Wildman–Crippen LogP) is 5.43. The first-order chi connectivity index (χ1) is 12.1.